The average molecular weight is 548 g/mol. The van der Waals surface area contributed by atoms with Gasteiger partial charge in [-0.1, -0.05) is 17.7 Å². The summed E-state index contributed by atoms with van der Waals surface area (Å²) in [4.78, 5) is 26.0. The third kappa shape index (κ3) is 5.95. The van der Waals surface area contributed by atoms with Crippen LogP contribution >= 0.6 is 27.5 Å². The van der Waals surface area contributed by atoms with Gasteiger partial charge in [-0.15, -0.1) is 0 Å². The molecule has 1 aromatic heterocycles. The second kappa shape index (κ2) is 10.7. The molecule has 1 fully saturated rings. The van der Waals surface area contributed by atoms with Crippen molar-refractivity contribution in [1.29, 1.82) is 0 Å². The zero-order valence-corrected chi connectivity index (χ0v) is 20.4. The molecule has 0 spiro atoms. The van der Waals surface area contributed by atoms with Gasteiger partial charge in [0.2, 0.25) is 17.8 Å². The molecule has 3 aromatic rings. The molecular weight excluding hydrogens is 528 g/mol. The summed E-state index contributed by atoms with van der Waals surface area (Å²) in [5.41, 5.74) is 4.97. The second-order valence-corrected chi connectivity index (χ2v) is 8.58. The van der Waals surface area contributed by atoms with Crippen molar-refractivity contribution in [2.75, 3.05) is 41.9 Å². The van der Waals surface area contributed by atoms with Crippen molar-refractivity contribution in [3.63, 3.8) is 0 Å². The Hall–Kier alpha value is -3.35. The Morgan fingerprint density at radius 3 is 2.68 bits per heavy atom. The van der Waals surface area contributed by atoms with Gasteiger partial charge in [-0.2, -0.15) is 20.1 Å². The quantitative estimate of drug-likeness (QED) is 0.249. The number of nitro groups is 1. The lowest BCUT2D eigenvalue weighted by Gasteiger charge is -2.27. The fourth-order valence-electron chi connectivity index (χ4n) is 3.12. The number of nitrogens with zero attached hydrogens (tertiary/aromatic N) is 6. The summed E-state index contributed by atoms with van der Waals surface area (Å²) >= 11 is 9.68. The number of benzene rings is 2. The highest BCUT2D eigenvalue weighted by molar-refractivity contribution is 9.10. The number of hydrogen-bond donors (Lipinski definition) is 2. The molecule has 1 saturated heterocycles. The minimum absolute atomic E-state index is 0.0872. The van der Waals surface area contributed by atoms with Crippen molar-refractivity contribution in [3.05, 3.63) is 67.1 Å². The van der Waals surface area contributed by atoms with Crippen molar-refractivity contribution in [2.45, 2.75) is 6.92 Å². The van der Waals surface area contributed by atoms with Gasteiger partial charge in [0.05, 0.1) is 30.0 Å². The molecule has 13 heteroatoms. The number of nitrogens with one attached hydrogen (secondary N) is 2. The lowest BCUT2D eigenvalue weighted by Crippen LogP contribution is -2.37. The van der Waals surface area contributed by atoms with Gasteiger partial charge >= 0.3 is 0 Å². The van der Waals surface area contributed by atoms with Gasteiger partial charge in [-0.05, 0) is 46.6 Å². The van der Waals surface area contributed by atoms with Crippen LogP contribution in [0.5, 0.6) is 0 Å². The van der Waals surface area contributed by atoms with E-state index in [1.54, 1.807) is 0 Å². The SMILES string of the molecule is Cc1ccc(Nc2nc(NN=Cc3cc([N+](=O)[O-])ccc3Cl)nc(N3CCOCC3)n2)c(Br)c1. The first kappa shape index (κ1) is 23.8. The normalized spacial score (nSPS) is 13.8. The maximum absolute atomic E-state index is 11.0. The summed E-state index contributed by atoms with van der Waals surface area (Å²) in [6, 6.07) is 9.99. The lowest BCUT2D eigenvalue weighted by atomic mass is 10.2. The van der Waals surface area contributed by atoms with Crippen molar-refractivity contribution < 1.29 is 9.66 Å². The van der Waals surface area contributed by atoms with Gasteiger partial charge < -0.3 is 15.0 Å². The minimum Gasteiger partial charge on any atom is -0.378 e. The molecule has 34 heavy (non-hydrogen) atoms. The Balaban J connectivity index is 1.60. The minimum atomic E-state index is -0.497. The number of hydrazone groups is 1. The van der Waals surface area contributed by atoms with Crippen LogP contribution in [-0.4, -0.2) is 52.4 Å². The van der Waals surface area contributed by atoms with Crippen LogP contribution in [0.1, 0.15) is 11.1 Å². The van der Waals surface area contributed by atoms with Crippen LogP contribution < -0.4 is 15.6 Å². The summed E-state index contributed by atoms with van der Waals surface area (Å²) in [7, 11) is 0. The third-order valence-electron chi connectivity index (χ3n) is 4.85. The smallest absolute Gasteiger partial charge is 0.270 e. The Morgan fingerprint density at radius 2 is 1.94 bits per heavy atom. The number of morpholine rings is 1. The molecule has 2 aromatic carbocycles. The number of aryl methyl sites for hydroxylation is 1. The summed E-state index contributed by atoms with van der Waals surface area (Å²) in [6.07, 6.45) is 1.37. The van der Waals surface area contributed by atoms with Crippen LogP contribution in [0.3, 0.4) is 0 Å². The molecule has 0 bridgehead atoms. The van der Waals surface area contributed by atoms with E-state index < -0.39 is 4.92 Å². The highest BCUT2D eigenvalue weighted by Crippen LogP contribution is 2.27. The fourth-order valence-corrected chi connectivity index (χ4v) is 3.88. The van der Waals surface area contributed by atoms with E-state index >= 15 is 0 Å². The highest BCUT2D eigenvalue weighted by Gasteiger charge is 2.17. The molecule has 2 N–H and O–H groups in total. The van der Waals surface area contributed by atoms with Crippen LogP contribution in [0, 0.1) is 17.0 Å². The van der Waals surface area contributed by atoms with E-state index in [0.29, 0.717) is 48.8 Å². The van der Waals surface area contributed by atoms with Gasteiger partial charge in [-0.25, -0.2) is 5.43 Å². The number of anilines is 4. The second-order valence-electron chi connectivity index (χ2n) is 7.32. The predicted molar refractivity (Wildman–Crippen MR) is 134 cm³/mol. The molecule has 11 nitrogen and oxygen atoms in total. The van der Waals surface area contributed by atoms with Crippen LogP contribution in [0.4, 0.5) is 29.2 Å². The molecule has 0 saturated carbocycles. The molecule has 176 valence electrons. The summed E-state index contributed by atoms with van der Waals surface area (Å²) < 4.78 is 6.29. The number of hydrogen-bond acceptors (Lipinski definition) is 10. The first-order valence-electron chi connectivity index (χ1n) is 10.2. The highest BCUT2D eigenvalue weighted by atomic mass is 79.9. The zero-order valence-electron chi connectivity index (χ0n) is 18.0. The molecule has 1 aliphatic rings. The van der Waals surface area contributed by atoms with Gasteiger partial charge in [0.25, 0.3) is 5.69 Å². The molecule has 0 radical (unpaired) electrons. The van der Waals surface area contributed by atoms with E-state index in [2.05, 4.69) is 46.7 Å². The van der Waals surface area contributed by atoms with E-state index in [1.165, 1.54) is 24.4 Å². The number of non-ortho nitro benzene ring substituents is 1. The molecule has 0 atom stereocenters. The van der Waals surface area contributed by atoms with E-state index in [9.17, 15) is 10.1 Å². The maximum Gasteiger partial charge on any atom is 0.270 e. The van der Waals surface area contributed by atoms with E-state index in [-0.39, 0.29) is 11.6 Å². The molecule has 0 unspecified atom stereocenters. The summed E-state index contributed by atoms with van der Waals surface area (Å²) in [6.45, 7) is 4.43. The Bertz CT molecular complexity index is 1240. The van der Waals surface area contributed by atoms with Gasteiger partial charge in [0, 0.05) is 40.3 Å². The zero-order chi connectivity index (χ0) is 24.1. The fraction of sp³-hybridized carbons (Fsp3) is 0.238. The van der Waals surface area contributed by atoms with Gasteiger partial charge in [0.1, 0.15) is 0 Å². The molecule has 1 aliphatic heterocycles. The van der Waals surface area contributed by atoms with Crippen molar-refractivity contribution >= 4 is 63.0 Å². The first-order chi connectivity index (χ1) is 16.4. The number of aromatic nitrogens is 3. The Kier molecular flexibility index (Phi) is 7.50. The van der Waals surface area contributed by atoms with Crippen molar-refractivity contribution in [1.82, 2.24) is 15.0 Å². The molecule has 2 heterocycles. The monoisotopic (exact) mass is 546 g/mol. The third-order valence-corrected chi connectivity index (χ3v) is 5.85. The van der Waals surface area contributed by atoms with Crippen molar-refractivity contribution in [3.8, 4) is 0 Å². The Labute approximate surface area is 208 Å². The molecule has 4 rings (SSSR count). The van der Waals surface area contributed by atoms with E-state index in [1.807, 2.05) is 30.0 Å². The Morgan fingerprint density at radius 1 is 1.18 bits per heavy atom. The van der Waals surface area contributed by atoms with Crippen LogP contribution in [-0.2, 0) is 4.74 Å². The first-order valence-corrected chi connectivity index (χ1v) is 11.4. The number of rotatable bonds is 7. The molecule has 0 amide bonds. The average Bonchev–Trinajstić information content (AvgIpc) is 2.82. The largest absolute Gasteiger partial charge is 0.378 e. The maximum atomic E-state index is 11.0. The molecule has 0 aliphatic carbocycles. The number of halogens is 2. The van der Waals surface area contributed by atoms with Gasteiger partial charge in [-0.3, -0.25) is 10.1 Å². The summed E-state index contributed by atoms with van der Waals surface area (Å²) in [5.74, 6) is 0.988. The van der Waals surface area contributed by atoms with Crippen LogP contribution in [0.15, 0.2) is 46.0 Å². The summed E-state index contributed by atoms with van der Waals surface area (Å²) in [5, 5.41) is 18.7. The number of ether oxygens (including phenoxy) is 1. The van der Waals surface area contributed by atoms with Crippen molar-refractivity contribution in [2.24, 2.45) is 5.10 Å². The standard InChI is InChI=1S/C21H20BrClN8O3/c1-13-2-5-18(16(22)10-13)25-19-26-20(28-21(27-19)30-6-8-34-9-7-30)29-24-12-14-11-15(31(32)33)3-4-17(14)23/h2-5,10-12H,6-9H2,1H3,(H2,25,26,27,28,29). The van der Waals surface area contributed by atoms with E-state index in [4.69, 9.17) is 16.3 Å². The molecular formula is C21H20BrClN8O3. The number of nitro benzene ring substituents is 1. The van der Waals surface area contributed by atoms with E-state index in [0.717, 1.165) is 15.7 Å². The topological polar surface area (TPSA) is 131 Å². The predicted octanol–water partition coefficient (Wildman–Crippen LogP) is 4.53. The van der Waals surface area contributed by atoms with Crippen LogP contribution in [0.25, 0.3) is 0 Å². The van der Waals surface area contributed by atoms with Gasteiger partial charge in [0.15, 0.2) is 0 Å². The van der Waals surface area contributed by atoms with Crippen LogP contribution in [0.2, 0.25) is 5.02 Å². The lowest BCUT2D eigenvalue weighted by molar-refractivity contribution is -0.384.